The minimum atomic E-state index is -4.50. The molecule has 0 aliphatic carbocycles. The highest BCUT2D eigenvalue weighted by atomic mass is 32.2. The van der Waals surface area contributed by atoms with Crippen molar-refractivity contribution in [3.05, 3.63) is 35.9 Å². The number of amidine groups is 1. The summed E-state index contributed by atoms with van der Waals surface area (Å²) < 4.78 is 39.5. The van der Waals surface area contributed by atoms with Crippen LogP contribution in [0, 0.1) is 5.92 Å². The number of hydrogen-bond acceptors (Lipinski definition) is 3. The van der Waals surface area contributed by atoms with Gasteiger partial charge in [-0.3, -0.25) is 4.79 Å². The molecule has 0 unspecified atom stereocenters. The van der Waals surface area contributed by atoms with Crippen LogP contribution in [0.2, 0.25) is 0 Å². The molecule has 3 nitrogen and oxygen atoms in total. The van der Waals surface area contributed by atoms with Gasteiger partial charge in [0.1, 0.15) is 0 Å². The number of hydrogen-bond donors (Lipinski definition) is 1. The van der Waals surface area contributed by atoms with Crippen LogP contribution in [-0.2, 0) is 4.79 Å². The number of nitrogens with one attached hydrogen (secondary N) is 1. The monoisotopic (exact) mass is 316 g/mol. The number of amides is 1. The van der Waals surface area contributed by atoms with Gasteiger partial charge in [-0.2, -0.15) is 13.2 Å². The van der Waals surface area contributed by atoms with Crippen molar-refractivity contribution in [2.45, 2.75) is 31.3 Å². The van der Waals surface area contributed by atoms with Gasteiger partial charge in [0.15, 0.2) is 11.2 Å². The van der Waals surface area contributed by atoms with Crippen molar-refractivity contribution in [2.24, 2.45) is 10.9 Å². The largest absolute Gasteiger partial charge is 0.415 e. The number of alkyl halides is 3. The Bertz CT molecular complexity index is 543. The zero-order valence-corrected chi connectivity index (χ0v) is 12.3. The van der Waals surface area contributed by atoms with Crippen LogP contribution in [0.15, 0.2) is 35.3 Å². The number of rotatable bonds is 3. The fourth-order valence-corrected chi connectivity index (χ4v) is 2.98. The van der Waals surface area contributed by atoms with Crippen LogP contribution in [0.5, 0.6) is 0 Å². The summed E-state index contributed by atoms with van der Waals surface area (Å²) in [6.45, 7) is 3.69. The molecular formula is C14H15F3N2OS. The van der Waals surface area contributed by atoms with Crippen LogP contribution in [-0.4, -0.2) is 22.5 Å². The van der Waals surface area contributed by atoms with Crippen molar-refractivity contribution >= 4 is 22.8 Å². The minimum absolute atomic E-state index is 0.0313. The van der Waals surface area contributed by atoms with E-state index in [1.165, 1.54) is 24.3 Å². The topological polar surface area (TPSA) is 41.5 Å². The van der Waals surface area contributed by atoms with Crippen LogP contribution < -0.4 is 5.32 Å². The van der Waals surface area contributed by atoms with E-state index in [9.17, 15) is 18.0 Å². The van der Waals surface area contributed by atoms with E-state index in [4.69, 9.17) is 0 Å². The fraction of sp³-hybridized carbons (Fsp3) is 0.429. The summed E-state index contributed by atoms with van der Waals surface area (Å²) in [5, 5.41) is 2.07. The molecule has 1 aromatic carbocycles. The zero-order chi connectivity index (χ0) is 15.6. The van der Waals surface area contributed by atoms with E-state index >= 15 is 0 Å². The van der Waals surface area contributed by atoms with Gasteiger partial charge in [-0.05, 0) is 11.5 Å². The Balaban J connectivity index is 2.29. The van der Waals surface area contributed by atoms with Crippen molar-refractivity contribution in [1.29, 1.82) is 0 Å². The van der Waals surface area contributed by atoms with Gasteiger partial charge in [-0.15, -0.1) is 0 Å². The van der Waals surface area contributed by atoms with Crippen molar-refractivity contribution in [2.75, 3.05) is 0 Å². The van der Waals surface area contributed by atoms with E-state index in [1.807, 2.05) is 13.8 Å². The van der Waals surface area contributed by atoms with Crippen LogP contribution in [0.3, 0.4) is 0 Å². The maximum atomic E-state index is 13.2. The third-order valence-corrected chi connectivity index (χ3v) is 4.45. The number of carbonyl (C=O) groups is 1. The van der Waals surface area contributed by atoms with Gasteiger partial charge >= 0.3 is 6.18 Å². The Morgan fingerprint density at radius 2 is 1.86 bits per heavy atom. The van der Waals surface area contributed by atoms with E-state index in [1.54, 1.807) is 6.07 Å². The fourth-order valence-electron chi connectivity index (χ4n) is 1.97. The van der Waals surface area contributed by atoms with Gasteiger partial charge in [-0.1, -0.05) is 55.9 Å². The molecule has 0 aromatic heterocycles. The normalized spacial score (nSPS) is 22.7. The molecule has 0 bridgehead atoms. The lowest BCUT2D eigenvalue weighted by Gasteiger charge is -2.17. The summed E-state index contributed by atoms with van der Waals surface area (Å²) in [5.41, 5.74) is 0.0559. The Morgan fingerprint density at radius 3 is 2.33 bits per heavy atom. The maximum Gasteiger partial charge on any atom is 0.415 e. The molecule has 1 saturated heterocycles. The summed E-state index contributed by atoms with van der Waals surface area (Å²) in [7, 11) is 0. The Kier molecular flexibility index (Phi) is 4.61. The number of halogens is 3. The van der Waals surface area contributed by atoms with Crippen LogP contribution in [0.1, 0.15) is 25.5 Å². The second-order valence-corrected chi connectivity index (χ2v) is 6.19. The molecule has 1 N–H and O–H groups in total. The first-order valence-corrected chi connectivity index (χ1v) is 7.34. The van der Waals surface area contributed by atoms with Gasteiger partial charge < -0.3 is 5.32 Å². The number of aliphatic imine (C=N–C) groups is 1. The zero-order valence-electron chi connectivity index (χ0n) is 11.5. The number of thioether (sulfide) groups is 1. The molecule has 0 spiro atoms. The van der Waals surface area contributed by atoms with Gasteiger partial charge in [0.25, 0.3) is 0 Å². The number of benzene rings is 1. The predicted octanol–water partition coefficient (Wildman–Crippen LogP) is 3.53. The lowest BCUT2D eigenvalue weighted by atomic mass is 10.1. The van der Waals surface area contributed by atoms with E-state index in [0.717, 1.165) is 11.8 Å². The Hall–Kier alpha value is -1.50. The highest BCUT2D eigenvalue weighted by Gasteiger charge is 2.42. The molecule has 2 atom stereocenters. The molecule has 1 aliphatic rings. The molecular weight excluding hydrogens is 301 g/mol. The molecule has 1 amide bonds. The Labute approximate surface area is 125 Å². The summed E-state index contributed by atoms with van der Waals surface area (Å²) >= 11 is 1.06. The lowest BCUT2D eigenvalue weighted by molar-refractivity contribution is -0.148. The average molecular weight is 316 g/mol. The SMILES string of the molecule is CC(C)[C@@H]1SC(=N[C@@H](c2ccccc2)C(F)(F)F)NC1=O. The third kappa shape index (κ3) is 3.78. The van der Waals surface area contributed by atoms with Crippen molar-refractivity contribution in [3.63, 3.8) is 0 Å². The first-order valence-electron chi connectivity index (χ1n) is 6.46. The van der Waals surface area contributed by atoms with E-state index in [-0.39, 0.29) is 22.6 Å². The van der Waals surface area contributed by atoms with Gasteiger partial charge in [-0.25, -0.2) is 4.99 Å². The van der Waals surface area contributed by atoms with Crippen LogP contribution in [0.4, 0.5) is 13.2 Å². The van der Waals surface area contributed by atoms with E-state index in [2.05, 4.69) is 10.3 Å². The number of carbonyl (C=O) groups excluding carboxylic acids is 1. The van der Waals surface area contributed by atoms with Crippen molar-refractivity contribution < 1.29 is 18.0 Å². The molecule has 1 aromatic rings. The molecule has 7 heteroatoms. The standard InChI is InChI=1S/C14H15F3N2OS/c1-8(2)10-12(20)19-13(21-10)18-11(14(15,16)17)9-6-4-3-5-7-9/h3-8,10-11H,1-2H3,(H,18,19,20)/t10-,11-/m0/s1. The molecule has 0 radical (unpaired) electrons. The molecule has 114 valence electrons. The van der Waals surface area contributed by atoms with Gasteiger partial charge in [0.05, 0.1) is 5.25 Å². The first-order chi connectivity index (χ1) is 9.79. The molecule has 1 aliphatic heterocycles. The molecule has 2 rings (SSSR count). The predicted molar refractivity (Wildman–Crippen MR) is 77.0 cm³/mol. The second-order valence-electron chi connectivity index (χ2n) is 5.06. The molecule has 21 heavy (non-hydrogen) atoms. The van der Waals surface area contributed by atoms with Crippen molar-refractivity contribution in [3.8, 4) is 0 Å². The summed E-state index contributed by atoms with van der Waals surface area (Å²) in [6.07, 6.45) is -4.50. The highest BCUT2D eigenvalue weighted by Crippen LogP contribution is 2.37. The lowest BCUT2D eigenvalue weighted by Crippen LogP contribution is -2.28. The van der Waals surface area contributed by atoms with Crippen LogP contribution >= 0.6 is 11.8 Å². The van der Waals surface area contributed by atoms with E-state index < -0.39 is 17.5 Å². The quantitative estimate of drug-likeness (QED) is 0.927. The molecule has 1 fully saturated rings. The van der Waals surface area contributed by atoms with Crippen molar-refractivity contribution in [1.82, 2.24) is 5.32 Å². The second kappa shape index (κ2) is 6.09. The minimum Gasteiger partial charge on any atom is -0.304 e. The summed E-state index contributed by atoms with van der Waals surface area (Å²) in [5.74, 6) is -0.258. The maximum absolute atomic E-state index is 13.2. The van der Waals surface area contributed by atoms with E-state index in [0.29, 0.717) is 0 Å². The molecule has 0 saturated carbocycles. The first kappa shape index (κ1) is 15.9. The third-order valence-electron chi connectivity index (χ3n) is 3.00. The highest BCUT2D eigenvalue weighted by molar-refractivity contribution is 8.15. The van der Waals surface area contributed by atoms with Gasteiger partial charge in [0.2, 0.25) is 5.91 Å². The Morgan fingerprint density at radius 1 is 1.24 bits per heavy atom. The summed E-state index contributed by atoms with van der Waals surface area (Å²) in [6, 6.07) is 5.50. The number of nitrogens with zero attached hydrogens (tertiary/aromatic N) is 1. The van der Waals surface area contributed by atoms with Gasteiger partial charge in [0, 0.05) is 0 Å². The average Bonchev–Trinajstić information content (AvgIpc) is 2.77. The smallest absolute Gasteiger partial charge is 0.304 e. The van der Waals surface area contributed by atoms with Crippen LogP contribution in [0.25, 0.3) is 0 Å². The summed E-state index contributed by atoms with van der Waals surface area (Å²) in [4.78, 5) is 15.4. The molecule has 1 heterocycles.